The molecule has 1 saturated heterocycles. The van der Waals surface area contributed by atoms with Crippen LogP contribution in [0.1, 0.15) is 6.92 Å². The number of piperazine rings is 1. The number of aryl methyl sites for hydroxylation is 1. The molecule has 0 unspecified atom stereocenters. The molecule has 0 amide bonds. The molecule has 1 N–H and O–H groups in total. The number of anilines is 1. The summed E-state index contributed by atoms with van der Waals surface area (Å²) in [6.07, 6.45) is 2.91. The van der Waals surface area contributed by atoms with Gasteiger partial charge in [-0.3, -0.25) is 9.78 Å². The van der Waals surface area contributed by atoms with Crippen LogP contribution in [-0.4, -0.2) is 67.0 Å². The van der Waals surface area contributed by atoms with Crippen LogP contribution < -0.4 is 4.90 Å². The van der Waals surface area contributed by atoms with Gasteiger partial charge in [-0.1, -0.05) is 0 Å². The normalized spacial score (nSPS) is 18.1. The second kappa shape index (κ2) is 6.89. The third kappa shape index (κ3) is 2.99. The molecular weight excluding hydrogens is 391 g/mol. The van der Waals surface area contributed by atoms with Crippen molar-refractivity contribution in [2.75, 3.05) is 31.6 Å². The van der Waals surface area contributed by atoms with Gasteiger partial charge < -0.3 is 9.80 Å². The summed E-state index contributed by atoms with van der Waals surface area (Å²) in [7, 11) is 3.86. The fraction of sp³-hybridized carbons (Fsp3) is 0.368. The molecule has 5 heterocycles. The van der Waals surface area contributed by atoms with Crippen LogP contribution in [0.3, 0.4) is 0 Å². The van der Waals surface area contributed by atoms with Crippen molar-refractivity contribution in [1.82, 2.24) is 34.2 Å². The minimum absolute atomic E-state index is 0.321. The first kappa shape index (κ1) is 18.2. The van der Waals surface area contributed by atoms with E-state index < -0.39 is 0 Å². The Morgan fingerprint density at radius 1 is 1.28 bits per heavy atom. The van der Waals surface area contributed by atoms with Crippen LogP contribution in [0.5, 0.6) is 0 Å². The lowest BCUT2D eigenvalue weighted by Gasteiger charge is -2.40. The van der Waals surface area contributed by atoms with Gasteiger partial charge in [0.1, 0.15) is 16.9 Å². The monoisotopic (exact) mass is 412 g/mol. The molecule has 4 aromatic rings. The van der Waals surface area contributed by atoms with E-state index in [1.165, 1.54) is 22.4 Å². The Labute approximate surface area is 171 Å². The molecule has 0 bridgehead atoms. The number of aromatic amines is 1. The third-order valence-electron chi connectivity index (χ3n) is 5.44. The highest BCUT2D eigenvalue weighted by atomic mass is 32.1. The Kier molecular flexibility index (Phi) is 4.32. The fourth-order valence-electron chi connectivity index (χ4n) is 4.00. The van der Waals surface area contributed by atoms with Crippen LogP contribution in [0.15, 0.2) is 24.5 Å². The van der Waals surface area contributed by atoms with Gasteiger partial charge in [0.15, 0.2) is 5.82 Å². The number of halogens is 1. The lowest BCUT2D eigenvalue weighted by atomic mass is 10.1. The van der Waals surface area contributed by atoms with Crippen molar-refractivity contribution in [1.29, 1.82) is 0 Å². The number of rotatable bonds is 3. The first-order chi connectivity index (χ1) is 14.0. The average molecular weight is 412 g/mol. The van der Waals surface area contributed by atoms with E-state index in [1.54, 1.807) is 13.2 Å². The zero-order valence-corrected chi connectivity index (χ0v) is 17.2. The Balaban J connectivity index is 1.75. The summed E-state index contributed by atoms with van der Waals surface area (Å²) in [4.78, 5) is 9.51. The maximum Gasteiger partial charge on any atom is 0.170 e. The second-order valence-corrected chi connectivity index (χ2v) is 8.25. The first-order valence-corrected chi connectivity index (χ1v) is 10.2. The molecule has 1 atom stereocenters. The van der Waals surface area contributed by atoms with Crippen LogP contribution in [-0.2, 0) is 7.05 Å². The Bertz CT molecular complexity index is 1150. The van der Waals surface area contributed by atoms with Crippen molar-refractivity contribution >= 4 is 27.4 Å². The quantitative estimate of drug-likeness (QED) is 0.558. The van der Waals surface area contributed by atoms with Crippen LogP contribution in [0.2, 0.25) is 0 Å². The number of nitrogens with one attached hydrogen (secondary N) is 1. The fourth-order valence-corrected chi connectivity index (χ4v) is 4.87. The third-order valence-corrected chi connectivity index (χ3v) is 6.30. The van der Waals surface area contributed by atoms with Gasteiger partial charge in [0, 0.05) is 38.9 Å². The molecule has 10 heteroatoms. The average Bonchev–Trinajstić information content (AvgIpc) is 3.41. The van der Waals surface area contributed by atoms with Gasteiger partial charge in [-0.05, 0) is 37.6 Å². The number of likely N-dealkylation sites (N-methyl/N-ethyl adjacent to an activating group) is 1. The van der Waals surface area contributed by atoms with Gasteiger partial charge in [0.2, 0.25) is 0 Å². The summed E-state index contributed by atoms with van der Waals surface area (Å²) in [6, 6.07) is 4.16. The summed E-state index contributed by atoms with van der Waals surface area (Å²) < 4.78 is 21.7. The summed E-state index contributed by atoms with van der Waals surface area (Å²) in [5.74, 6) is -0.386. The molecule has 1 aliphatic heterocycles. The lowest BCUT2D eigenvalue weighted by molar-refractivity contribution is 0.276. The second-order valence-electron chi connectivity index (χ2n) is 7.48. The van der Waals surface area contributed by atoms with Crippen LogP contribution in [0, 0.1) is 5.82 Å². The zero-order valence-electron chi connectivity index (χ0n) is 16.4. The highest BCUT2D eigenvalue weighted by Gasteiger charge is 2.27. The summed E-state index contributed by atoms with van der Waals surface area (Å²) in [5, 5.41) is 11.1. The predicted molar refractivity (Wildman–Crippen MR) is 111 cm³/mol. The van der Waals surface area contributed by atoms with Gasteiger partial charge in [-0.25, -0.2) is 9.37 Å². The molecule has 5 rings (SSSR count). The van der Waals surface area contributed by atoms with E-state index in [9.17, 15) is 4.39 Å². The number of nitrogens with zero attached hydrogens (tertiary/aromatic N) is 7. The van der Waals surface area contributed by atoms with Crippen LogP contribution in [0.25, 0.3) is 33.0 Å². The zero-order chi connectivity index (χ0) is 20.1. The number of hydrogen-bond donors (Lipinski definition) is 1. The van der Waals surface area contributed by atoms with Gasteiger partial charge in [0.05, 0.1) is 28.0 Å². The van der Waals surface area contributed by atoms with Crippen molar-refractivity contribution in [3.63, 3.8) is 0 Å². The molecule has 4 aromatic heterocycles. The molecule has 0 radical (unpaired) electrons. The van der Waals surface area contributed by atoms with E-state index in [2.05, 4.69) is 43.4 Å². The number of hydrogen-bond acceptors (Lipinski definition) is 7. The van der Waals surface area contributed by atoms with E-state index in [1.807, 2.05) is 12.1 Å². The molecule has 0 saturated carbocycles. The largest absolute Gasteiger partial charge is 0.365 e. The number of pyridine rings is 1. The molecule has 1 fully saturated rings. The van der Waals surface area contributed by atoms with Crippen LogP contribution in [0.4, 0.5) is 10.1 Å². The van der Waals surface area contributed by atoms with Gasteiger partial charge in [-0.2, -0.15) is 14.6 Å². The highest BCUT2D eigenvalue weighted by Crippen LogP contribution is 2.39. The standard InChI is InChI=1S/C19H21FN8S/c1-11-10-26(2)6-7-28(11)15-8-14(18-12(20)9-22-27(18)3)23-17-16(25-29-19(15)17)13-4-5-21-24-13/h4-5,8-9,11H,6-7,10H2,1-3H3,(H,21,24)/t11-/m1/s1. The van der Waals surface area contributed by atoms with Gasteiger partial charge in [-0.15, -0.1) is 0 Å². The number of aromatic nitrogens is 6. The molecule has 150 valence electrons. The van der Waals surface area contributed by atoms with E-state index in [0.717, 1.165) is 46.9 Å². The molecule has 0 aliphatic carbocycles. The van der Waals surface area contributed by atoms with Crippen molar-refractivity contribution in [3.05, 3.63) is 30.3 Å². The highest BCUT2D eigenvalue weighted by molar-refractivity contribution is 7.14. The molecule has 0 aromatic carbocycles. The van der Waals surface area contributed by atoms with Crippen molar-refractivity contribution in [2.45, 2.75) is 13.0 Å². The first-order valence-electron chi connectivity index (χ1n) is 9.46. The molecule has 8 nitrogen and oxygen atoms in total. The summed E-state index contributed by atoms with van der Waals surface area (Å²) in [5.41, 5.74) is 4.24. The van der Waals surface area contributed by atoms with Crippen molar-refractivity contribution < 1.29 is 4.39 Å². The lowest BCUT2D eigenvalue weighted by Crippen LogP contribution is -2.50. The van der Waals surface area contributed by atoms with E-state index >= 15 is 0 Å². The number of H-pyrrole nitrogens is 1. The topological polar surface area (TPSA) is 78.8 Å². The Morgan fingerprint density at radius 2 is 2.14 bits per heavy atom. The summed E-state index contributed by atoms with van der Waals surface area (Å²) >= 11 is 1.42. The van der Waals surface area contributed by atoms with E-state index in [-0.39, 0.29) is 5.82 Å². The minimum atomic E-state index is -0.386. The molecular formula is C19H21FN8S. The SMILES string of the molecule is C[C@@H]1CN(C)CCN1c1cc(-c2c(F)cnn2C)nc2c(-c3ccn[nH]3)nsc12. The number of fused-ring (bicyclic) bond motifs is 1. The maximum atomic E-state index is 14.5. The van der Waals surface area contributed by atoms with Crippen LogP contribution >= 0.6 is 11.5 Å². The minimum Gasteiger partial charge on any atom is -0.365 e. The maximum absolute atomic E-state index is 14.5. The predicted octanol–water partition coefficient (Wildman–Crippen LogP) is 2.76. The van der Waals surface area contributed by atoms with Crippen molar-refractivity contribution in [3.8, 4) is 22.8 Å². The molecule has 29 heavy (non-hydrogen) atoms. The van der Waals surface area contributed by atoms with Gasteiger partial charge >= 0.3 is 0 Å². The van der Waals surface area contributed by atoms with E-state index in [4.69, 9.17) is 4.98 Å². The molecule has 0 spiro atoms. The van der Waals surface area contributed by atoms with E-state index in [0.29, 0.717) is 17.4 Å². The molecule has 1 aliphatic rings. The van der Waals surface area contributed by atoms with Crippen molar-refractivity contribution in [2.24, 2.45) is 7.05 Å². The summed E-state index contributed by atoms with van der Waals surface area (Å²) in [6.45, 7) is 5.03. The Hall–Kier alpha value is -2.85. The Morgan fingerprint density at radius 3 is 2.83 bits per heavy atom. The van der Waals surface area contributed by atoms with Gasteiger partial charge in [0.25, 0.3) is 0 Å². The smallest absolute Gasteiger partial charge is 0.170 e.